The average molecular weight is 278 g/mol. The Hall–Kier alpha value is -2.95. The molecule has 5 nitrogen and oxygen atoms in total. The number of hydrogen-bond donors (Lipinski definition) is 1. The van der Waals surface area contributed by atoms with Crippen LogP contribution in [0.15, 0.2) is 67.5 Å². The molecule has 1 amide bonds. The maximum atomic E-state index is 12.1. The van der Waals surface area contributed by atoms with E-state index in [2.05, 4.69) is 15.3 Å². The van der Waals surface area contributed by atoms with Gasteiger partial charge in [-0.15, -0.1) is 0 Å². The van der Waals surface area contributed by atoms with Crippen molar-refractivity contribution in [2.24, 2.45) is 0 Å². The number of imidazole rings is 1. The van der Waals surface area contributed by atoms with Crippen LogP contribution in [0.5, 0.6) is 0 Å². The Balaban J connectivity index is 1.67. The number of nitrogens with one attached hydrogen (secondary N) is 1. The number of nitrogens with zero attached hydrogens (tertiary/aromatic N) is 3. The van der Waals surface area contributed by atoms with Gasteiger partial charge in [0.1, 0.15) is 0 Å². The van der Waals surface area contributed by atoms with E-state index in [1.54, 1.807) is 37.1 Å². The molecule has 0 radical (unpaired) electrons. The van der Waals surface area contributed by atoms with Gasteiger partial charge < -0.3 is 9.88 Å². The zero-order valence-electron chi connectivity index (χ0n) is 11.3. The Kier molecular flexibility index (Phi) is 3.73. The molecule has 2 heterocycles. The smallest absolute Gasteiger partial charge is 0.255 e. The molecule has 0 spiro atoms. The first-order valence-electron chi connectivity index (χ1n) is 6.57. The number of hydrogen-bond acceptors (Lipinski definition) is 3. The Morgan fingerprint density at radius 3 is 2.62 bits per heavy atom. The van der Waals surface area contributed by atoms with Gasteiger partial charge in [0.25, 0.3) is 5.91 Å². The van der Waals surface area contributed by atoms with E-state index in [4.69, 9.17) is 0 Å². The van der Waals surface area contributed by atoms with Gasteiger partial charge in [-0.25, -0.2) is 4.98 Å². The summed E-state index contributed by atoms with van der Waals surface area (Å²) in [5, 5.41) is 2.81. The number of anilines is 1. The summed E-state index contributed by atoms with van der Waals surface area (Å²) in [5.74, 6) is -0.141. The van der Waals surface area contributed by atoms with Gasteiger partial charge in [-0.1, -0.05) is 12.1 Å². The topological polar surface area (TPSA) is 59.8 Å². The summed E-state index contributed by atoms with van der Waals surface area (Å²) in [5.41, 5.74) is 2.42. The Labute approximate surface area is 122 Å². The van der Waals surface area contributed by atoms with Crippen molar-refractivity contribution < 1.29 is 4.79 Å². The van der Waals surface area contributed by atoms with Crippen molar-refractivity contribution in [3.05, 3.63) is 78.6 Å². The molecule has 0 unspecified atom stereocenters. The van der Waals surface area contributed by atoms with Crippen LogP contribution >= 0.6 is 0 Å². The van der Waals surface area contributed by atoms with Crippen molar-refractivity contribution in [1.29, 1.82) is 0 Å². The van der Waals surface area contributed by atoms with E-state index in [0.29, 0.717) is 11.3 Å². The second kappa shape index (κ2) is 6.00. The zero-order chi connectivity index (χ0) is 14.5. The van der Waals surface area contributed by atoms with Crippen LogP contribution < -0.4 is 5.32 Å². The van der Waals surface area contributed by atoms with Crippen molar-refractivity contribution in [3.63, 3.8) is 0 Å². The van der Waals surface area contributed by atoms with Crippen LogP contribution in [-0.2, 0) is 6.54 Å². The standard InChI is InChI=1S/C16H14N4O/c21-16(19-15-2-1-7-17-10-15)14-5-3-13(4-6-14)11-20-9-8-18-12-20/h1-10,12H,11H2,(H,19,21). The van der Waals surface area contributed by atoms with Gasteiger partial charge in [0.2, 0.25) is 0 Å². The lowest BCUT2D eigenvalue weighted by Crippen LogP contribution is -2.12. The first-order chi connectivity index (χ1) is 10.3. The van der Waals surface area contributed by atoms with E-state index >= 15 is 0 Å². The Morgan fingerprint density at radius 1 is 1.10 bits per heavy atom. The van der Waals surface area contributed by atoms with E-state index in [1.165, 1.54) is 0 Å². The molecule has 0 atom stereocenters. The highest BCUT2D eigenvalue weighted by Crippen LogP contribution is 2.10. The van der Waals surface area contributed by atoms with Gasteiger partial charge in [0, 0.05) is 30.7 Å². The normalized spacial score (nSPS) is 10.3. The van der Waals surface area contributed by atoms with Crippen LogP contribution in [-0.4, -0.2) is 20.4 Å². The minimum absolute atomic E-state index is 0.141. The molecule has 104 valence electrons. The lowest BCUT2D eigenvalue weighted by atomic mass is 10.1. The number of aromatic nitrogens is 3. The summed E-state index contributed by atoms with van der Waals surface area (Å²) in [6, 6.07) is 11.1. The molecule has 3 aromatic rings. The third kappa shape index (κ3) is 3.33. The Bertz CT molecular complexity index is 706. The van der Waals surface area contributed by atoms with E-state index in [0.717, 1.165) is 12.1 Å². The van der Waals surface area contributed by atoms with Crippen molar-refractivity contribution in [1.82, 2.24) is 14.5 Å². The molecule has 1 aromatic carbocycles. The number of amides is 1. The molecule has 0 aliphatic rings. The highest BCUT2D eigenvalue weighted by molar-refractivity contribution is 6.04. The van der Waals surface area contributed by atoms with Crippen molar-refractivity contribution in [2.75, 3.05) is 5.32 Å². The highest BCUT2D eigenvalue weighted by Gasteiger charge is 2.06. The number of pyridine rings is 1. The van der Waals surface area contributed by atoms with Gasteiger partial charge in [-0.2, -0.15) is 0 Å². The molecule has 0 fully saturated rings. The van der Waals surface area contributed by atoms with E-state index in [1.807, 2.05) is 35.0 Å². The van der Waals surface area contributed by atoms with Crippen molar-refractivity contribution in [2.45, 2.75) is 6.54 Å². The molecule has 0 bridgehead atoms. The van der Waals surface area contributed by atoms with Crippen molar-refractivity contribution >= 4 is 11.6 Å². The molecule has 0 saturated carbocycles. The van der Waals surface area contributed by atoms with Crippen LogP contribution in [0.1, 0.15) is 15.9 Å². The summed E-state index contributed by atoms with van der Waals surface area (Å²) in [4.78, 5) is 20.1. The fourth-order valence-corrected chi connectivity index (χ4v) is 1.99. The summed E-state index contributed by atoms with van der Waals surface area (Å²) in [6.45, 7) is 0.741. The monoisotopic (exact) mass is 278 g/mol. The maximum Gasteiger partial charge on any atom is 0.255 e. The SMILES string of the molecule is O=C(Nc1cccnc1)c1ccc(Cn2ccnc2)cc1. The predicted molar refractivity (Wildman–Crippen MR) is 80.0 cm³/mol. The second-order valence-electron chi connectivity index (χ2n) is 4.63. The lowest BCUT2D eigenvalue weighted by Gasteiger charge is -2.06. The molecule has 0 saturated heterocycles. The molecule has 0 aliphatic carbocycles. The fraction of sp³-hybridized carbons (Fsp3) is 0.0625. The van der Waals surface area contributed by atoms with E-state index in [9.17, 15) is 4.79 Å². The predicted octanol–water partition coefficient (Wildman–Crippen LogP) is 2.58. The molecule has 21 heavy (non-hydrogen) atoms. The summed E-state index contributed by atoms with van der Waals surface area (Å²) >= 11 is 0. The van der Waals surface area contributed by atoms with Crippen LogP contribution in [0.4, 0.5) is 5.69 Å². The Morgan fingerprint density at radius 2 is 1.95 bits per heavy atom. The second-order valence-corrected chi connectivity index (χ2v) is 4.63. The van der Waals surface area contributed by atoms with Gasteiger partial charge in [0.05, 0.1) is 18.2 Å². The minimum Gasteiger partial charge on any atom is -0.333 e. The van der Waals surface area contributed by atoms with Crippen LogP contribution in [0.2, 0.25) is 0 Å². The third-order valence-corrected chi connectivity index (χ3v) is 3.06. The number of carbonyl (C=O) groups is 1. The van der Waals surface area contributed by atoms with Gasteiger partial charge >= 0.3 is 0 Å². The molecular formula is C16H14N4O. The van der Waals surface area contributed by atoms with Gasteiger partial charge in [0.15, 0.2) is 0 Å². The zero-order valence-corrected chi connectivity index (χ0v) is 11.3. The lowest BCUT2D eigenvalue weighted by molar-refractivity contribution is 0.102. The van der Waals surface area contributed by atoms with Crippen LogP contribution in [0.3, 0.4) is 0 Å². The van der Waals surface area contributed by atoms with E-state index in [-0.39, 0.29) is 5.91 Å². The molecule has 1 N–H and O–H groups in total. The molecular weight excluding hydrogens is 264 g/mol. The van der Waals surface area contributed by atoms with Crippen molar-refractivity contribution in [3.8, 4) is 0 Å². The third-order valence-electron chi connectivity index (χ3n) is 3.06. The van der Waals surface area contributed by atoms with Gasteiger partial charge in [-0.3, -0.25) is 9.78 Å². The largest absolute Gasteiger partial charge is 0.333 e. The molecule has 2 aromatic heterocycles. The van der Waals surface area contributed by atoms with Crippen LogP contribution in [0, 0.1) is 0 Å². The quantitative estimate of drug-likeness (QED) is 0.798. The summed E-state index contributed by atoms with van der Waals surface area (Å²) in [6.07, 6.45) is 8.70. The first kappa shape index (κ1) is 13.1. The minimum atomic E-state index is -0.141. The fourth-order valence-electron chi connectivity index (χ4n) is 1.99. The van der Waals surface area contributed by atoms with Crippen LogP contribution in [0.25, 0.3) is 0 Å². The molecule has 0 aliphatic heterocycles. The van der Waals surface area contributed by atoms with Gasteiger partial charge in [-0.05, 0) is 29.8 Å². The highest BCUT2D eigenvalue weighted by atomic mass is 16.1. The average Bonchev–Trinajstić information content (AvgIpc) is 3.02. The summed E-state index contributed by atoms with van der Waals surface area (Å²) < 4.78 is 1.98. The molecule has 5 heteroatoms. The summed E-state index contributed by atoms with van der Waals surface area (Å²) in [7, 11) is 0. The number of rotatable bonds is 4. The molecule has 3 rings (SSSR count). The number of carbonyl (C=O) groups excluding carboxylic acids is 1. The first-order valence-corrected chi connectivity index (χ1v) is 6.57. The van der Waals surface area contributed by atoms with E-state index < -0.39 is 0 Å². The number of benzene rings is 1. The maximum absolute atomic E-state index is 12.1.